The van der Waals surface area contributed by atoms with E-state index >= 15 is 0 Å². The maximum atomic E-state index is 13.5. The van der Waals surface area contributed by atoms with Crippen LogP contribution in [-0.4, -0.2) is 21.1 Å². The van der Waals surface area contributed by atoms with Gasteiger partial charge in [0.15, 0.2) is 10.9 Å². The van der Waals surface area contributed by atoms with Crippen molar-refractivity contribution in [2.75, 3.05) is 5.75 Å². The zero-order valence-electron chi connectivity index (χ0n) is 17.2. The van der Waals surface area contributed by atoms with Gasteiger partial charge in [0, 0.05) is 28.7 Å². The molecule has 0 saturated carbocycles. The summed E-state index contributed by atoms with van der Waals surface area (Å²) < 4.78 is 1.64. The number of allylic oxidation sites excluding steroid dienone is 1. The van der Waals surface area contributed by atoms with Gasteiger partial charge in [-0.1, -0.05) is 86.3 Å². The van der Waals surface area contributed by atoms with Crippen LogP contribution in [0.4, 0.5) is 0 Å². The maximum absolute atomic E-state index is 13.5. The molecule has 0 unspecified atom stereocenters. The van der Waals surface area contributed by atoms with Gasteiger partial charge in [0.25, 0.3) is 5.56 Å². The Kier molecular flexibility index (Phi) is 5.48. The molecule has 1 heterocycles. The number of hydrogen-bond acceptors (Lipinski definition) is 4. The average Bonchev–Trinajstić information content (AvgIpc) is 2.74. The minimum absolute atomic E-state index is 0.0125. The average molecular weight is 417 g/mol. The summed E-state index contributed by atoms with van der Waals surface area (Å²) in [6, 6.07) is 17.3. The van der Waals surface area contributed by atoms with Gasteiger partial charge >= 0.3 is 0 Å². The number of aromatic nitrogens is 2. The molecule has 4 rings (SSSR count). The van der Waals surface area contributed by atoms with Crippen LogP contribution in [0, 0.1) is 0 Å². The van der Waals surface area contributed by atoms with E-state index in [4.69, 9.17) is 4.98 Å². The fourth-order valence-corrected chi connectivity index (χ4v) is 4.94. The molecule has 4 nitrogen and oxygen atoms in total. The molecule has 5 heteroatoms. The Morgan fingerprint density at radius 1 is 1.17 bits per heavy atom. The summed E-state index contributed by atoms with van der Waals surface area (Å²) in [7, 11) is 0. The third kappa shape index (κ3) is 3.65. The fourth-order valence-electron chi connectivity index (χ4n) is 4.05. The molecule has 152 valence electrons. The van der Waals surface area contributed by atoms with Gasteiger partial charge in [0.05, 0.1) is 11.4 Å². The topological polar surface area (TPSA) is 52.0 Å². The van der Waals surface area contributed by atoms with E-state index in [0.717, 1.165) is 23.2 Å². The molecule has 0 fully saturated rings. The highest BCUT2D eigenvalue weighted by molar-refractivity contribution is 7.99. The number of ketones is 1. The van der Waals surface area contributed by atoms with E-state index in [1.165, 1.54) is 17.3 Å². The van der Waals surface area contributed by atoms with E-state index in [0.29, 0.717) is 17.3 Å². The predicted octanol–water partition coefficient (Wildman–Crippen LogP) is 4.91. The molecule has 0 saturated heterocycles. The van der Waals surface area contributed by atoms with Crippen LogP contribution in [-0.2, 0) is 18.4 Å². The first-order valence-electron chi connectivity index (χ1n) is 9.98. The van der Waals surface area contributed by atoms with Crippen molar-refractivity contribution in [1.29, 1.82) is 0 Å². The lowest BCUT2D eigenvalue weighted by Crippen LogP contribution is -2.38. The van der Waals surface area contributed by atoms with Crippen molar-refractivity contribution in [3.05, 3.63) is 94.3 Å². The number of fused-ring (bicyclic) bond motifs is 3. The summed E-state index contributed by atoms with van der Waals surface area (Å²) in [5.41, 5.74) is 3.97. The van der Waals surface area contributed by atoms with Crippen LogP contribution in [0.15, 0.2) is 77.2 Å². The Morgan fingerprint density at radius 3 is 2.60 bits per heavy atom. The number of carbonyl (C=O) groups excluding carboxylic acids is 1. The lowest BCUT2D eigenvalue weighted by Gasteiger charge is -2.33. The number of hydrogen-bond donors (Lipinski definition) is 0. The van der Waals surface area contributed by atoms with E-state index in [-0.39, 0.29) is 22.5 Å². The molecule has 0 aliphatic heterocycles. The predicted molar refractivity (Wildman–Crippen MR) is 122 cm³/mol. The highest BCUT2D eigenvalue weighted by Crippen LogP contribution is 2.40. The standard InChI is InChI=1S/C25H24N2O2S/c1-4-14-27-23(29)21-22(19-13-9-8-12-18(19)15-25(21,2)3)26-24(27)30-16-20(28)17-10-6-5-7-11-17/h4-13H,1,14-16H2,2-3H3. The zero-order chi connectivity index (χ0) is 21.3. The molecular weight excluding hydrogens is 392 g/mol. The quantitative estimate of drug-likeness (QED) is 0.248. The van der Waals surface area contributed by atoms with Gasteiger partial charge in [-0.15, -0.1) is 6.58 Å². The number of carbonyl (C=O) groups is 1. The van der Waals surface area contributed by atoms with Gasteiger partial charge < -0.3 is 0 Å². The minimum Gasteiger partial charge on any atom is -0.293 e. The van der Waals surface area contributed by atoms with Crippen molar-refractivity contribution in [3.63, 3.8) is 0 Å². The maximum Gasteiger partial charge on any atom is 0.258 e. The molecule has 1 aromatic heterocycles. The second-order valence-electron chi connectivity index (χ2n) is 8.12. The second-order valence-corrected chi connectivity index (χ2v) is 9.06. The largest absolute Gasteiger partial charge is 0.293 e. The first-order chi connectivity index (χ1) is 14.4. The second kappa shape index (κ2) is 8.07. The number of thioether (sulfide) groups is 1. The smallest absolute Gasteiger partial charge is 0.258 e. The number of nitrogens with zero attached hydrogens (tertiary/aromatic N) is 2. The van der Waals surface area contributed by atoms with Crippen LogP contribution in [0.1, 0.15) is 35.3 Å². The Balaban J connectivity index is 1.80. The molecule has 30 heavy (non-hydrogen) atoms. The minimum atomic E-state index is -0.320. The normalized spacial score (nSPS) is 13.9. The highest BCUT2D eigenvalue weighted by Gasteiger charge is 2.36. The van der Waals surface area contributed by atoms with Crippen molar-refractivity contribution < 1.29 is 4.79 Å². The monoisotopic (exact) mass is 416 g/mol. The van der Waals surface area contributed by atoms with Crippen LogP contribution in [0.5, 0.6) is 0 Å². The Bertz CT molecular complexity index is 1180. The molecule has 0 atom stereocenters. The summed E-state index contributed by atoms with van der Waals surface area (Å²) in [5.74, 6) is 0.232. The lowest BCUT2D eigenvalue weighted by molar-refractivity contribution is 0.102. The van der Waals surface area contributed by atoms with Crippen molar-refractivity contribution in [2.24, 2.45) is 0 Å². The number of benzene rings is 2. The third-order valence-electron chi connectivity index (χ3n) is 5.46. The van der Waals surface area contributed by atoms with Gasteiger partial charge in [-0.2, -0.15) is 0 Å². The zero-order valence-corrected chi connectivity index (χ0v) is 18.0. The SMILES string of the molecule is C=CCn1c(SCC(=O)c2ccccc2)nc2c(c1=O)C(C)(C)Cc1ccccc1-2. The van der Waals surface area contributed by atoms with E-state index in [1.54, 1.807) is 22.8 Å². The van der Waals surface area contributed by atoms with E-state index in [1.807, 2.05) is 36.4 Å². The van der Waals surface area contributed by atoms with Crippen LogP contribution >= 0.6 is 11.8 Å². The van der Waals surface area contributed by atoms with Crippen LogP contribution < -0.4 is 5.56 Å². The molecule has 1 aliphatic rings. The molecule has 0 N–H and O–H groups in total. The highest BCUT2D eigenvalue weighted by atomic mass is 32.2. The Hall–Kier alpha value is -2.92. The Morgan fingerprint density at radius 2 is 1.87 bits per heavy atom. The summed E-state index contributed by atoms with van der Waals surface area (Å²) >= 11 is 1.31. The molecule has 2 aromatic carbocycles. The summed E-state index contributed by atoms with van der Waals surface area (Å²) in [6.45, 7) is 8.35. The van der Waals surface area contributed by atoms with E-state index < -0.39 is 0 Å². The van der Waals surface area contributed by atoms with Crippen molar-refractivity contribution >= 4 is 17.5 Å². The molecule has 1 aliphatic carbocycles. The number of Topliss-reactive ketones (excluding diaryl/α,β-unsaturated/α-hetero) is 1. The molecule has 0 spiro atoms. The molecule has 0 radical (unpaired) electrons. The van der Waals surface area contributed by atoms with Crippen molar-refractivity contribution in [2.45, 2.75) is 37.4 Å². The van der Waals surface area contributed by atoms with Gasteiger partial charge in [0.2, 0.25) is 0 Å². The van der Waals surface area contributed by atoms with Gasteiger partial charge in [0.1, 0.15) is 0 Å². The summed E-state index contributed by atoms with van der Waals surface area (Å²) in [4.78, 5) is 31.1. The molecule has 3 aromatic rings. The third-order valence-corrected chi connectivity index (χ3v) is 6.43. The van der Waals surface area contributed by atoms with Crippen LogP contribution in [0.3, 0.4) is 0 Å². The molecular formula is C25H24N2O2S. The van der Waals surface area contributed by atoms with Gasteiger partial charge in [-0.3, -0.25) is 14.2 Å². The van der Waals surface area contributed by atoms with Crippen molar-refractivity contribution in [3.8, 4) is 11.3 Å². The summed E-state index contributed by atoms with van der Waals surface area (Å²) in [6.07, 6.45) is 2.49. The molecule has 0 bridgehead atoms. The first-order valence-corrected chi connectivity index (χ1v) is 11.0. The van der Waals surface area contributed by atoms with E-state index in [9.17, 15) is 9.59 Å². The molecule has 0 amide bonds. The van der Waals surface area contributed by atoms with Crippen LogP contribution in [0.2, 0.25) is 0 Å². The fraction of sp³-hybridized carbons (Fsp3) is 0.240. The first kappa shape index (κ1) is 20.4. The van der Waals surface area contributed by atoms with Crippen molar-refractivity contribution in [1.82, 2.24) is 9.55 Å². The number of rotatable bonds is 6. The summed E-state index contributed by atoms with van der Waals surface area (Å²) in [5, 5.41) is 0.551. The van der Waals surface area contributed by atoms with Gasteiger partial charge in [-0.05, 0) is 12.0 Å². The van der Waals surface area contributed by atoms with E-state index in [2.05, 4.69) is 26.5 Å². The Labute approximate surface area is 180 Å². The lowest BCUT2D eigenvalue weighted by atomic mass is 9.72. The van der Waals surface area contributed by atoms with Gasteiger partial charge in [-0.25, -0.2) is 4.98 Å². The van der Waals surface area contributed by atoms with Crippen LogP contribution in [0.25, 0.3) is 11.3 Å².